The van der Waals surface area contributed by atoms with Gasteiger partial charge in [0.1, 0.15) is 12.6 Å². The first-order valence-corrected chi connectivity index (χ1v) is 23.2. The van der Waals surface area contributed by atoms with Gasteiger partial charge in [-0.25, -0.2) is 4.57 Å². The van der Waals surface area contributed by atoms with Crippen LogP contribution in [0.15, 0.2) is 48.6 Å². The van der Waals surface area contributed by atoms with E-state index in [4.69, 9.17) is 24.8 Å². The van der Waals surface area contributed by atoms with E-state index < -0.39 is 51.1 Å². The summed E-state index contributed by atoms with van der Waals surface area (Å²) in [4.78, 5) is 45.9. The normalized spacial score (nSPS) is 14.2. The Morgan fingerprint density at radius 2 is 0.946 bits per heavy atom. The molecule has 11 nitrogen and oxygen atoms in total. The first kappa shape index (κ1) is 53.4. The second-order valence-electron chi connectivity index (χ2n) is 14.5. The number of phosphoric ester groups is 1. The molecule has 324 valence electrons. The van der Waals surface area contributed by atoms with Gasteiger partial charge in [-0.2, -0.15) is 0 Å². The van der Waals surface area contributed by atoms with E-state index in [1.54, 1.807) is 0 Å². The number of carbonyl (C=O) groups is 3. The second-order valence-corrected chi connectivity index (χ2v) is 15.9. The molecule has 12 heteroatoms. The predicted molar refractivity (Wildman–Crippen MR) is 226 cm³/mol. The Morgan fingerprint density at radius 3 is 1.46 bits per heavy atom. The van der Waals surface area contributed by atoms with E-state index in [2.05, 4.69) is 67.0 Å². The van der Waals surface area contributed by atoms with Crippen LogP contribution in [0.3, 0.4) is 0 Å². The lowest BCUT2D eigenvalue weighted by atomic mass is 10.1. The van der Waals surface area contributed by atoms with Crippen LogP contribution in [0.5, 0.6) is 0 Å². The van der Waals surface area contributed by atoms with Crippen molar-refractivity contribution in [3.8, 4) is 0 Å². The minimum atomic E-state index is -4.72. The van der Waals surface area contributed by atoms with E-state index in [1.807, 2.05) is 0 Å². The smallest absolute Gasteiger partial charge is 0.472 e. The molecule has 4 N–H and O–H groups in total. The molecule has 0 aliphatic heterocycles. The second kappa shape index (κ2) is 39.3. The molecule has 3 unspecified atom stereocenters. The fourth-order valence-corrected chi connectivity index (χ4v) is 6.37. The highest BCUT2D eigenvalue weighted by atomic mass is 31.2. The Balaban J connectivity index is 4.43. The molecule has 0 aliphatic carbocycles. The van der Waals surface area contributed by atoms with Crippen LogP contribution in [0.2, 0.25) is 0 Å². The predicted octanol–water partition coefficient (Wildman–Crippen LogP) is 11.4. The average Bonchev–Trinajstić information content (AvgIpc) is 3.17. The summed E-state index contributed by atoms with van der Waals surface area (Å²) in [6.07, 6.45) is 43.1. The van der Waals surface area contributed by atoms with Gasteiger partial charge in [0.05, 0.1) is 13.2 Å². The number of carbonyl (C=O) groups excluding carboxylic acids is 2. The van der Waals surface area contributed by atoms with E-state index in [-0.39, 0.29) is 19.4 Å². The van der Waals surface area contributed by atoms with Gasteiger partial charge in [-0.15, -0.1) is 0 Å². The van der Waals surface area contributed by atoms with E-state index in [0.29, 0.717) is 12.8 Å². The van der Waals surface area contributed by atoms with Crippen LogP contribution in [0.1, 0.15) is 181 Å². The molecule has 0 aromatic carbocycles. The number of rotatable bonds is 40. The molecule has 0 bridgehead atoms. The third kappa shape index (κ3) is 38.3. The fraction of sp³-hybridized carbons (Fsp3) is 0.750. The largest absolute Gasteiger partial charge is 0.480 e. The van der Waals surface area contributed by atoms with Crippen molar-refractivity contribution in [2.75, 3.05) is 19.8 Å². The number of phosphoric acid groups is 1. The van der Waals surface area contributed by atoms with Gasteiger partial charge >= 0.3 is 25.7 Å². The summed E-state index contributed by atoms with van der Waals surface area (Å²) in [5, 5.41) is 8.88. The van der Waals surface area contributed by atoms with Crippen LogP contribution in [0.25, 0.3) is 0 Å². The maximum Gasteiger partial charge on any atom is 0.472 e. The molecule has 3 atom stereocenters. The Hall–Kier alpha value is -2.56. The average molecular weight is 812 g/mol. The maximum atomic E-state index is 12.6. The lowest BCUT2D eigenvalue weighted by Gasteiger charge is -2.20. The van der Waals surface area contributed by atoms with Crippen LogP contribution in [0.4, 0.5) is 0 Å². The van der Waals surface area contributed by atoms with Crippen LogP contribution >= 0.6 is 7.82 Å². The summed E-state index contributed by atoms with van der Waals surface area (Å²) in [5.41, 5.74) is 5.33. The van der Waals surface area contributed by atoms with Crippen molar-refractivity contribution in [2.24, 2.45) is 5.73 Å². The number of nitrogens with two attached hydrogens (primary N) is 1. The first-order chi connectivity index (χ1) is 27.1. The number of allylic oxidation sites excluding steroid dienone is 8. The van der Waals surface area contributed by atoms with Crippen molar-refractivity contribution in [2.45, 2.75) is 193 Å². The van der Waals surface area contributed by atoms with E-state index in [9.17, 15) is 23.8 Å². The van der Waals surface area contributed by atoms with Gasteiger partial charge in [0.25, 0.3) is 0 Å². The number of carboxylic acids is 1. The van der Waals surface area contributed by atoms with Crippen molar-refractivity contribution in [1.29, 1.82) is 0 Å². The molecule has 56 heavy (non-hydrogen) atoms. The molecule has 0 rings (SSSR count). The zero-order valence-corrected chi connectivity index (χ0v) is 35.9. The minimum Gasteiger partial charge on any atom is -0.480 e. The molecule has 0 saturated heterocycles. The van der Waals surface area contributed by atoms with Crippen LogP contribution in [0, 0.1) is 0 Å². The summed E-state index contributed by atoms with van der Waals surface area (Å²) >= 11 is 0. The van der Waals surface area contributed by atoms with Gasteiger partial charge in [0.2, 0.25) is 0 Å². The number of carboxylic acid groups (broad SMARTS) is 1. The third-order valence-electron chi connectivity index (χ3n) is 9.05. The lowest BCUT2D eigenvalue weighted by Crippen LogP contribution is -2.34. The molecular weight excluding hydrogens is 733 g/mol. The highest BCUT2D eigenvalue weighted by molar-refractivity contribution is 7.47. The number of unbranched alkanes of at least 4 members (excludes halogenated alkanes) is 18. The van der Waals surface area contributed by atoms with Crippen molar-refractivity contribution in [3.63, 3.8) is 0 Å². The molecule has 0 saturated carbocycles. The Kier molecular flexibility index (Phi) is 37.5. The van der Waals surface area contributed by atoms with E-state index >= 15 is 0 Å². The third-order valence-corrected chi connectivity index (χ3v) is 10.0. The summed E-state index contributed by atoms with van der Waals surface area (Å²) in [6, 6.07) is -1.53. The lowest BCUT2D eigenvalue weighted by molar-refractivity contribution is -0.161. The van der Waals surface area contributed by atoms with Crippen molar-refractivity contribution in [3.05, 3.63) is 48.6 Å². The van der Waals surface area contributed by atoms with Gasteiger partial charge in [0, 0.05) is 12.8 Å². The standard InChI is InChI=1S/C44H78NO10P/c1-3-5-7-9-11-13-15-17-19-20-22-23-25-27-29-31-33-35-42(46)52-37-40(38-53-56(50,51)54-39-41(45)44(48)49)55-43(47)36-34-32-30-28-26-24-21-18-16-14-12-10-8-6-4-2/h11,13,17-19,21-23,40-41H,3-10,12,14-16,20,24-39,45H2,1-2H3,(H,48,49)(H,50,51). The van der Waals surface area contributed by atoms with Crippen LogP contribution in [-0.2, 0) is 37.5 Å². The van der Waals surface area contributed by atoms with Gasteiger partial charge in [-0.3, -0.25) is 23.4 Å². The van der Waals surface area contributed by atoms with Crippen molar-refractivity contribution < 1.29 is 47.5 Å². The van der Waals surface area contributed by atoms with Crippen LogP contribution in [-0.4, -0.2) is 59.9 Å². The van der Waals surface area contributed by atoms with Gasteiger partial charge in [-0.1, -0.05) is 140 Å². The molecule has 0 spiro atoms. The zero-order valence-electron chi connectivity index (χ0n) is 35.0. The summed E-state index contributed by atoms with van der Waals surface area (Å²) in [5.74, 6) is -2.42. The van der Waals surface area contributed by atoms with Gasteiger partial charge < -0.3 is 25.2 Å². The number of ether oxygens (including phenoxy) is 2. The molecule has 0 radical (unpaired) electrons. The Morgan fingerprint density at radius 1 is 0.554 bits per heavy atom. The Bertz CT molecular complexity index is 1140. The number of esters is 2. The zero-order chi connectivity index (χ0) is 41.4. The molecule has 0 amide bonds. The van der Waals surface area contributed by atoms with Crippen LogP contribution < -0.4 is 5.73 Å². The fourth-order valence-electron chi connectivity index (χ4n) is 5.59. The quantitative estimate of drug-likeness (QED) is 0.0233. The highest BCUT2D eigenvalue weighted by Crippen LogP contribution is 2.43. The SMILES string of the molecule is CCCCCC=CCC=CCC=CCCCCCCC(=O)OCC(COP(=O)(O)OCC(N)C(=O)O)OC(=O)CCCCCCCC=CCCCCCCCC. The monoisotopic (exact) mass is 812 g/mol. The molecule has 0 aromatic heterocycles. The van der Waals surface area contributed by atoms with Gasteiger partial charge in [0.15, 0.2) is 6.10 Å². The molecule has 0 aromatic rings. The van der Waals surface area contributed by atoms with Gasteiger partial charge in [-0.05, 0) is 77.0 Å². The summed E-state index contributed by atoms with van der Waals surface area (Å²) in [6.45, 7) is 2.73. The summed E-state index contributed by atoms with van der Waals surface area (Å²) < 4.78 is 32.7. The number of aliphatic carboxylic acids is 1. The minimum absolute atomic E-state index is 0.145. The first-order valence-electron chi connectivity index (χ1n) is 21.7. The summed E-state index contributed by atoms with van der Waals surface area (Å²) in [7, 11) is -4.72. The Labute approximate surface area is 339 Å². The topological polar surface area (TPSA) is 172 Å². The molecule has 0 fully saturated rings. The molecular formula is C44H78NO10P. The molecule has 0 heterocycles. The maximum absolute atomic E-state index is 12.6. The highest BCUT2D eigenvalue weighted by Gasteiger charge is 2.28. The number of hydrogen-bond donors (Lipinski definition) is 3. The van der Waals surface area contributed by atoms with Crippen molar-refractivity contribution in [1.82, 2.24) is 0 Å². The van der Waals surface area contributed by atoms with E-state index in [0.717, 1.165) is 83.5 Å². The molecule has 0 aliphatic rings. The number of hydrogen-bond acceptors (Lipinski definition) is 9. The van der Waals surface area contributed by atoms with E-state index in [1.165, 1.54) is 57.8 Å². The van der Waals surface area contributed by atoms with Crippen molar-refractivity contribution >= 4 is 25.7 Å².